The lowest BCUT2D eigenvalue weighted by molar-refractivity contribution is -0.144. The standard InChI is InChI=1S/C51H57FN4O10S2/c1-31(33-6-8-34(9-7-33)46-32(2)53-30-67-46)54-49(60)42-26-38(58)28-56(42)50(61)48(51(3,4)5)55-44(59)29-64-23-22-62-20-21-63-24-25-65-39-15-17-40(18-16-39)66-45-41-19-14-37(57)27-43(41)68-47(45)35-10-12-36(52)13-11-35/h6-19,27,30-31,38,42,48,57-58H,20-26,28-29H2,1-5H3,(H,54,60)(H,55,59)/t31-,38+,42-,48+/m0/s1. The predicted octanol–water partition coefficient (Wildman–Crippen LogP) is 8.44. The Morgan fingerprint density at radius 3 is 2.13 bits per heavy atom. The van der Waals surface area contributed by atoms with E-state index in [1.54, 1.807) is 65.9 Å². The number of benzene rings is 4. The number of carbonyl (C=O) groups is 3. The average Bonchev–Trinajstić information content (AvgIpc) is 4.03. The Morgan fingerprint density at radius 2 is 1.47 bits per heavy atom. The number of hydrogen-bond donors (Lipinski definition) is 4. The second-order valence-electron chi connectivity index (χ2n) is 17.5. The molecule has 360 valence electrons. The fourth-order valence-electron chi connectivity index (χ4n) is 7.72. The van der Waals surface area contributed by atoms with Gasteiger partial charge >= 0.3 is 0 Å². The molecule has 3 amide bonds. The molecule has 2 aromatic heterocycles. The first kappa shape index (κ1) is 49.9. The number of halogens is 1. The molecule has 1 aliphatic rings. The monoisotopic (exact) mass is 968 g/mol. The van der Waals surface area contributed by atoms with Crippen molar-refractivity contribution in [2.24, 2.45) is 5.41 Å². The molecule has 0 saturated carbocycles. The molecule has 0 radical (unpaired) electrons. The summed E-state index contributed by atoms with van der Waals surface area (Å²) < 4.78 is 43.4. The highest BCUT2D eigenvalue weighted by molar-refractivity contribution is 7.22. The fraction of sp³-hybridized carbons (Fsp3) is 0.373. The van der Waals surface area contributed by atoms with Crippen molar-refractivity contribution in [3.8, 4) is 43.9 Å². The van der Waals surface area contributed by atoms with E-state index in [1.165, 1.54) is 28.4 Å². The number of aliphatic hydroxyl groups excluding tert-OH is 1. The number of thiazole rings is 1. The number of fused-ring (bicyclic) bond motifs is 1. The number of aromatic nitrogens is 1. The summed E-state index contributed by atoms with van der Waals surface area (Å²) in [6.45, 7) is 10.6. The van der Waals surface area contributed by atoms with Crippen LogP contribution in [0.4, 0.5) is 4.39 Å². The number of β-amino-alcohol motifs (C(OH)–C–C–N with tert-alkyl or cyclic N) is 1. The number of rotatable bonds is 21. The largest absolute Gasteiger partial charge is 0.508 e. The van der Waals surface area contributed by atoms with Gasteiger partial charge in [-0.3, -0.25) is 14.4 Å². The topological polar surface area (TPSA) is 178 Å². The predicted molar refractivity (Wildman–Crippen MR) is 260 cm³/mol. The van der Waals surface area contributed by atoms with Crippen LogP contribution in [0.2, 0.25) is 0 Å². The van der Waals surface area contributed by atoms with Gasteiger partial charge in [0.05, 0.1) is 66.1 Å². The summed E-state index contributed by atoms with van der Waals surface area (Å²) in [5.74, 6) is 0.306. The van der Waals surface area contributed by atoms with Crippen molar-refractivity contribution < 1.29 is 52.7 Å². The van der Waals surface area contributed by atoms with Crippen molar-refractivity contribution in [2.75, 3.05) is 52.8 Å². The lowest BCUT2D eigenvalue weighted by Crippen LogP contribution is -2.58. The van der Waals surface area contributed by atoms with Crippen molar-refractivity contribution in [3.05, 3.63) is 114 Å². The highest BCUT2D eigenvalue weighted by atomic mass is 32.1. The van der Waals surface area contributed by atoms with E-state index >= 15 is 0 Å². The van der Waals surface area contributed by atoms with Crippen molar-refractivity contribution in [3.63, 3.8) is 0 Å². The van der Waals surface area contributed by atoms with Gasteiger partial charge in [0, 0.05) is 23.1 Å². The molecule has 1 aliphatic heterocycles. The molecule has 1 fully saturated rings. The van der Waals surface area contributed by atoms with Gasteiger partial charge in [-0.1, -0.05) is 57.2 Å². The Bertz CT molecular complexity index is 2630. The van der Waals surface area contributed by atoms with E-state index in [4.69, 9.17) is 23.7 Å². The molecule has 1 saturated heterocycles. The fourth-order valence-corrected chi connectivity index (χ4v) is 9.70. The zero-order chi connectivity index (χ0) is 48.4. The number of carbonyl (C=O) groups excluding carboxylic acids is 3. The van der Waals surface area contributed by atoms with E-state index in [9.17, 15) is 29.0 Å². The summed E-state index contributed by atoms with van der Waals surface area (Å²) in [7, 11) is 0. The maximum atomic E-state index is 14.0. The number of aliphatic hydroxyl groups is 1. The van der Waals surface area contributed by atoms with Gasteiger partial charge in [0.15, 0.2) is 5.75 Å². The average molecular weight is 969 g/mol. The van der Waals surface area contributed by atoms with E-state index in [2.05, 4.69) is 15.6 Å². The third kappa shape index (κ3) is 13.0. The maximum absolute atomic E-state index is 14.0. The minimum atomic E-state index is -0.983. The number of phenolic OH excluding ortho intramolecular Hbond substituents is 1. The van der Waals surface area contributed by atoms with Gasteiger partial charge in [-0.25, -0.2) is 9.37 Å². The Morgan fingerprint density at radius 1 is 0.838 bits per heavy atom. The Balaban J connectivity index is 0.780. The van der Waals surface area contributed by atoms with Gasteiger partial charge in [-0.05, 0) is 90.6 Å². The minimum Gasteiger partial charge on any atom is -0.508 e. The number of likely N-dealkylation sites (tertiary alicyclic amines) is 1. The number of hydrogen-bond acceptors (Lipinski definition) is 13. The quantitative estimate of drug-likeness (QED) is 0.0509. The first-order chi connectivity index (χ1) is 32.6. The second-order valence-corrected chi connectivity index (χ2v) is 19.4. The first-order valence-electron chi connectivity index (χ1n) is 22.4. The number of nitrogens with zero attached hydrogens (tertiary/aromatic N) is 2. The van der Waals surface area contributed by atoms with Crippen LogP contribution in [0.3, 0.4) is 0 Å². The Hall–Kier alpha value is -5.95. The summed E-state index contributed by atoms with van der Waals surface area (Å²) in [6, 6.07) is 24.1. The van der Waals surface area contributed by atoms with Gasteiger partial charge in [0.25, 0.3) is 0 Å². The number of aromatic hydroxyl groups is 1. The van der Waals surface area contributed by atoms with E-state index in [0.29, 0.717) is 43.7 Å². The summed E-state index contributed by atoms with van der Waals surface area (Å²) in [4.78, 5) is 48.2. The lowest BCUT2D eigenvalue weighted by atomic mass is 9.85. The highest BCUT2D eigenvalue weighted by Gasteiger charge is 2.44. The molecule has 0 bridgehead atoms. The molecule has 4 N–H and O–H groups in total. The molecular formula is C51H57FN4O10S2. The molecular weight excluding hydrogens is 912 g/mol. The van der Waals surface area contributed by atoms with Crippen LogP contribution in [0.5, 0.6) is 23.0 Å². The van der Waals surface area contributed by atoms with Crippen molar-refractivity contribution >= 4 is 50.5 Å². The number of amides is 3. The minimum absolute atomic E-state index is 0.0301. The Kier molecular flexibility index (Phi) is 16.8. The molecule has 0 spiro atoms. The normalized spacial score (nSPS) is 15.8. The van der Waals surface area contributed by atoms with Crippen LogP contribution in [0.15, 0.2) is 96.5 Å². The summed E-state index contributed by atoms with van der Waals surface area (Å²) in [6.07, 6.45) is -0.806. The molecule has 17 heteroatoms. The zero-order valence-electron chi connectivity index (χ0n) is 38.7. The third-order valence-corrected chi connectivity index (χ3v) is 13.5. The SMILES string of the molecule is Cc1ncsc1-c1ccc([C@H](C)NC(=O)[C@@H]2C[C@@H](O)CN2C(=O)[C@@H](NC(=O)COCCOCCOCCOc2ccc(Oc3c(-c4ccc(F)cc4)sc4cc(O)ccc34)cc2)C(C)(C)C)cc1. The molecule has 0 aliphatic carbocycles. The van der Waals surface area contributed by atoms with Crippen molar-refractivity contribution in [1.29, 1.82) is 0 Å². The number of thiophene rings is 1. The number of ether oxygens (including phenoxy) is 5. The van der Waals surface area contributed by atoms with Crippen LogP contribution in [0.25, 0.3) is 31.0 Å². The lowest BCUT2D eigenvalue weighted by Gasteiger charge is -2.35. The van der Waals surface area contributed by atoms with Crippen molar-refractivity contribution in [1.82, 2.24) is 20.5 Å². The molecule has 3 heterocycles. The van der Waals surface area contributed by atoms with E-state index in [-0.39, 0.29) is 56.3 Å². The molecule has 7 rings (SSSR count). The number of phenols is 1. The van der Waals surface area contributed by atoms with E-state index in [0.717, 1.165) is 42.2 Å². The second kappa shape index (κ2) is 22.9. The molecule has 4 aromatic carbocycles. The van der Waals surface area contributed by atoms with Gasteiger partial charge in [0.2, 0.25) is 17.7 Å². The summed E-state index contributed by atoms with van der Waals surface area (Å²) in [5, 5.41) is 27.3. The van der Waals surface area contributed by atoms with Gasteiger partial charge < -0.3 is 49.4 Å². The van der Waals surface area contributed by atoms with E-state index < -0.39 is 35.4 Å². The molecule has 4 atom stereocenters. The van der Waals surface area contributed by atoms with Crippen LogP contribution in [-0.4, -0.2) is 109 Å². The summed E-state index contributed by atoms with van der Waals surface area (Å²) >= 11 is 3.02. The van der Waals surface area contributed by atoms with Gasteiger partial charge in [-0.15, -0.1) is 22.7 Å². The van der Waals surface area contributed by atoms with Crippen LogP contribution in [-0.2, 0) is 28.6 Å². The van der Waals surface area contributed by atoms with Crippen molar-refractivity contribution in [2.45, 2.75) is 65.3 Å². The first-order valence-corrected chi connectivity index (χ1v) is 24.1. The molecule has 14 nitrogen and oxygen atoms in total. The highest BCUT2D eigenvalue weighted by Crippen LogP contribution is 2.47. The molecule has 6 aromatic rings. The van der Waals surface area contributed by atoms with Crippen LogP contribution in [0, 0.1) is 18.2 Å². The number of nitrogens with one attached hydrogen (secondary N) is 2. The van der Waals surface area contributed by atoms with Gasteiger partial charge in [-0.2, -0.15) is 0 Å². The van der Waals surface area contributed by atoms with Crippen LogP contribution in [0.1, 0.15) is 51.4 Å². The third-order valence-electron chi connectivity index (χ3n) is 11.3. The summed E-state index contributed by atoms with van der Waals surface area (Å²) in [5.41, 5.74) is 4.79. The number of aryl methyl sites for hydroxylation is 1. The molecule has 0 unspecified atom stereocenters. The van der Waals surface area contributed by atoms with Gasteiger partial charge in [0.1, 0.15) is 48.4 Å². The zero-order valence-corrected chi connectivity index (χ0v) is 40.3. The maximum Gasteiger partial charge on any atom is 0.246 e. The molecule has 68 heavy (non-hydrogen) atoms. The smallest absolute Gasteiger partial charge is 0.246 e. The van der Waals surface area contributed by atoms with Crippen LogP contribution >= 0.6 is 22.7 Å². The Labute approximate surface area is 403 Å². The van der Waals surface area contributed by atoms with E-state index in [1.807, 2.05) is 64.4 Å². The van der Waals surface area contributed by atoms with Crippen LogP contribution < -0.4 is 20.1 Å².